The summed E-state index contributed by atoms with van der Waals surface area (Å²) in [7, 11) is 5.92. The van der Waals surface area contributed by atoms with Crippen LogP contribution in [-0.2, 0) is 0 Å². The number of anilines is 1. The minimum Gasteiger partial charge on any atom is -0.496 e. The number of aliphatic hydroxyl groups is 1. The molecule has 0 aromatic heterocycles. The number of hydrogen-bond acceptors (Lipinski definition) is 4. The van der Waals surface area contributed by atoms with Gasteiger partial charge in [0.2, 0.25) is 0 Å². The van der Waals surface area contributed by atoms with Gasteiger partial charge in [-0.05, 0) is 45.0 Å². The van der Waals surface area contributed by atoms with E-state index in [-0.39, 0.29) is 0 Å². The predicted octanol–water partition coefficient (Wildman–Crippen LogP) is 2.14. The van der Waals surface area contributed by atoms with E-state index in [0.29, 0.717) is 5.92 Å². The molecule has 1 saturated heterocycles. The van der Waals surface area contributed by atoms with Gasteiger partial charge in [0, 0.05) is 31.4 Å². The van der Waals surface area contributed by atoms with Crippen LogP contribution in [0.15, 0.2) is 18.2 Å². The lowest BCUT2D eigenvalue weighted by Crippen LogP contribution is -2.28. The number of ether oxygens (including phenoxy) is 1. The lowest BCUT2D eigenvalue weighted by Gasteiger charge is -2.27. The van der Waals surface area contributed by atoms with Crippen molar-refractivity contribution in [2.75, 3.05) is 45.7 Å². The summed E-state index contributed by atoms with van der Waals surface area (Å²) in [5.74, 6) is 1.45. The topological polar surface area (TPSA) is 35.9 Å². The van der Waals surface area contributed by atoms with E-state index >= 15 is 0 Å². The van der Waals surface area contributed by atoms with E-state index in [2.05, 4.69) is 30.0 Å². The highest BCUT2D eigenvalue weighted by molar-refractivity contribution is 5.60. The summed E-state index contributed by atoms with van der Waals surface area (Å²) < 4.78 is 5.39. The van der Waals surface area contributed by atoms with Crippen molar-refractivity contribution in [1.82, 2.24) is 4.90 Å². The highest BCUT2D eigenvalue weighted by Crippen LogP contribution is 2.34. The van der Waals surface area contributed by atoms with Gasteiger partial charge in [-0.15, -0.1) is 0 Å². The summed E-state index contributed by atoms with van der Waals surface area (Å²) in [5, 5.41) is 10.1. The van der Waals surface area contributed by atoms with E-state index in [0.717, 1.165) is 30.1 Å². The first kappa shape index (κ1) is 15.1. The van der Waals surface area contributed by atoms with Crippen LogP contribution < -0.4 is 9.64 Å². The normalized spacial score (nSPS) is 20.9. The van der Waals surface area contributed by atoms with Crippen LogP contribution >= 0.6 is 0 Å². The fraction of sp³-hybridized carbons (Fsp3) is 0.625. The molecule has 1 fully saturated rings. The number of likely N-dealkylation sites (tertiary alicyclic amines) is 1. The maximum atomic E-state index is 10.1. The molecule has 1 aliphatic rings. The van der Waals surface area contributed by atoms with Gasteiger partial charge in [0.15, 0.2) is 0 Å². The zero-order valence-electron chi connectivity index (χ0n) is 13.0. The van der Waals surface area contributed by atoms with E-state index in [1.807, 2.05) is 12.1 Å². The number of benzene rings is 1. The Balaban J connectivity index is 2.18. The van der Waals surface area contributed by atoms with Gasteiger partial charge < -0.3 is 19.6 Å². The summed E-state index contributed by atoms with van der Waals surface area (Å²) in [5.41, 5.74) is 1.94. The number of aliphatic hydroxyl groups excluding tert-OH is 1. The molecular weight excluding hydrogens is 252 g/mol. The summed E-state index contributed by atoms with van der Waals surface area (Å²) in [6.45, 7) is 5.13. The Labute approximate surface area is 122 Å². The van der Waals surface area contributed by atoms with Gasteiger partial charge in [-0.3, -0.25) is 0 Å². The molecule has 0 amide bonds. The Morgan fingerprint density at radius 1 is 1.50 bits per heavy atom. The highest BCUT2D eigenvalue weighted by Gasteiger charge is 2.23. The molecule has 1 unspecified atom stereocenters. The Hall–Kier alpha value is -1.26. The molecule has 1 heterocycles. The third-order valence-corrected chi connectivity index (χ3v) is 4.11. The Bertz CT molecular complexity index is 448. The quantitative estimate of drug-likeness (QED) is 0.895. The van der Waals surface area contributed by atoms with Gasteiger partial charge in [-0.25, -0.2) is 0 Å². The van der Waals surface area contributed by atoms with Crippen LogP contribution in [0.3, 0.4) is 0 Å². The molecule has 1 aliphatic heterocycles. The second kappa shape index (κ2) is 6.46. The van der Waals surface area contributed by atoms with E-state index < -0.39 is 6.10 Å². The maximum absolute atomic E-state index is 10.1. The number of hydrogen-bond donors (Lipinski definition) is 1. The van der Waals surface area contributed by atoms with Gasteiger partial charge in [0.05, 0.1) is 13.2 Å². The van der Waals surface area contributed by atoms with Crippen LogP contribution in [0.5, 0.6) is 5.75 Å². The number of methoxy groups -OCH3 is 1. The Morgan fingerprint density at radius 2 is 2.25 bits per heavy atom. The van der Waals surface area contributed by atoms with Gasteiger partial charge in [0.25, 0.3) is 0 Å². The molecule has 0 spiro atoms. The Morgan fingerprint density at radius 3 is 2.80 bits per heavy atom. The van der Waals surface area contributed by atoms with E-state index in [1.165, 1.54) is 13.0 Å². The standard InChI is InChI=1S/C16H26N2O2/c1-12(19)16-14(6-5-7-15(16)20-4)18(3)11-13-8-9-17(2)10-13/h5-7,12-13,19H,8-11H2,1-4H3/t12-,13?/m1/s1. The number of rotatable bonds is 5. The zero-order chi connectivity index (χ0) is 14.7. The van der Waals surface area contributed by atoms with Crippen LogP contribution in [0.4, 0.5) is 5.69 Å². The van der Waals surface area contributed by atoms with Gasteiger partial charge >= 0.3 is 0 Å². The van der Waals surface area contributed by atoms with Crippen LogP contribution in [0.25, 0.3) is 0 Å². The van der Waals surface area contributed by atoms with E-state index in [1.54, 1.807) is 14.0 Å². The minimum absolute atomic E-state index is 0.533. The lowest BCUT2D eigenvalue weighted by atomic mass is 10.0. The fourth-order valence-corrected chi connectivity index (χ4v) is 3.12. The monoisotopic (exact) mass is 278 g/mol. The first-order chi connectivity index (χ1) is 9.52. The van der Waals surface area contributed by atoms with Crippen LogP contribution in [0.1, 0.15) is 25.0 Å². The zero-order valence-corrected chi connectivity index (χ0v) is 13.0. The van der Waals surface area contributed by atoms with Gasteiger partial charge in [-0.2, -0.15) is 0 Å². The molecule has 0 radical (unpaired) electrons. The largest absolute Gasteiger partial charge is 0.496 e. The molecule has 112 valence electrons. The van der Waals surface area contributed by atoms with Crippen molar-refractivity contribution < 1.29 is 9.84 Å². The van der Waals surface area contributed by atoms with Crippen molar-refractivity contribution in [2.45, 2.75) is 19.4 Å². The molecule has 2 atom stereocenters. The van der Waals surface area contributed by atoms with Crippen LogP contribution in [-0.4, -0.2) is 50.8 Å². The van der Waals surface area contributed by atoms with Crippen molar-refractivity contribution in [3.63, 3.8) is 0 Å². The molecule has 1 aromatic carbocycles. The van der Waals surface area contributed by atoms with Crippen molar-refractivity contribution in [2.24, 2.45) is 5.92 Å². The van der Waals surface area contributed by atoms with E-state index in [4.69, 9.17) is 4.74 Å². The summed E-state index contributed by atoms with van der Waals surface area (Å²) >= 11 is 0. The molecular formula is C16H26N2O2. The molecule has 0 bridgehead atoms. The Kier molecular flexibility index (Phi) is 4.89. The van der Waals surface area contributed by atoms with Gasteiger partial charge in [-0.1, -0.05) is 6.07 Å². The fourth-order valence-electron chi connectivity index (χ4n) is 3.12. The second-order valence-corrected chi connectivity index (χ2v) is 5.87. The second-order valence-electron chi connectivity index (χ2n) is 5.87. The smallest absolute Gasteiger partial charge is 0.126 e. The van der Waals surface area contributed by atoms with Crippen molar-refractivity contribution in [3.05, 3.63) is 23.8 Å². The van der Waals surface area contributed by atoms with Gasteiger partial charge in [0.1, 0.15) is 5.75 Å². The maximum Gasteiger partial charge on any atom is 0.126 e. The average molecular weight is 278 g/mol. The average Bonchev–Trinajstić information content (AvgIpc) is 2.82. The summed E-state index contributed by atoms with van der Waals surface area (Å²) in [4.78, 5) is 4.62. The van der Waals surface area contributed by atoms with Crippen molar-refractivity contribution >= 4 is 5.69 Å². The third-order valence-electron chi connectivity index (χ3n) is 4.11. The SMILES string of the molecule is COc1cccc(N(C)CC2CCN(C)C2)c1[C@@H](C)O. The van der Waals surface area contributed by atoms with Crippen LogP contribution in [0.2, 0.25) is 0 Å². The molecule has 1 N–H and O–H groups in total. The lowest BCUT2D eigenvalue weighted by molar-refractivity contribution is 0.194. The predicted molar refractivity (Wildman–Crippen MR) is 82.5 cm³/mol. The minimum atomic E-state index is -0.533. The highest BCUT2D eigenvalue weighted by atomic mass is 16.5. The number of nitrogens with zero attached hydrogens (tertiary/aromatic N) is 2. The first-order valence-electron chi connectivity index (χ1n) is 7.27. The van der Waals surface area contributed by atoms with Crippen molar-refractivity contribution in [1.29, 1.82) is 0 Å². The van der Waals surface area contributed by atoms with Crippen LogP contribution in [0, 0.1) is 5.92 Å². The summed E-state index contributed by atoms with van der Waals surface area (Å²) in [6, 6.07) is 5.95. The molecule has 4 heteroatoms. The molecule has 4 nitrogen and oxygen atoms in total. The van der Waals surface area contributed by atoms with E-state index in [9.17, 15) is 5.11 Å². The third kappa shape index (κ3) is 3.25. The molecule has 1 aromatic rings. The first-order valence-corrected chi connectivity index (χ1v) is 7.27. The molecule has 0 aliphatic carbocycles. The molecule has 0 saturated carbocycles. The molecule has 20 heavy (non-hydrogen) atoms. The van der Waals surface area contributed by atoms with Crippen molar-refractivity contribution in [3.8, 4) is 5.75 Å². The summed E-state index contributed by atoms with van der Waals surface area (Å²) in [6.07, 6.45) is 0.712. The molecule has 2 rings (SSSR count).